The van der Waals surface area contributed by atoms with E-state index in [-0.39, 0.29) is 5.04 Å². The van der Waals surface area contributed by atoms with Gasteiger partial charge < -0.3 is 14.8 Å². The number of fused-ring (bicyclic) bond motifs is 1. The maximum atomic E-state index is 12.9. The van der Waals surface area contributed by atoms with E-state index in [1.807, 2.05) is 0 Å². The van der Waals surface area contributed by atoms with E-state index >= 15 is 0 Å². The molecule has 0 aromatic heterocycles. The number of ether oxygens (including phenoxy) is 1. The van der Waals surface area contributed by atoms with E-state index in [1.165, 1.54) is 31.2 Å². The van der Waals surface area contributed by atoms with Gasteiger partial charge in [0.05, 0.1) is 7.11 Å². The second-order valence-corrected chi connectivity index (χ2v) is 19.2. The molecular formula is C39H55NO2Si. The normalized spacial score (nSPS) is 27.3. The Kier molecular flexibility index (Phi) is 9.33. The molecule has 2 aliphatic carbocycles. The smallest absolute Gasteiger partial charge is 0.258 e. The van der Waals surface area contributed by atoms with E-state index in [0.717, 1.165) is 35.5 Å². The summed E-state index contributed by atoms with van der Waals surface area (Å²) in [5.41, 5.74) is 1.96. The zero-order valence-electron chi connectivity index (χ0n) is 27.7. The molecule has 4 heteroatoms. The van der Waals surface area contributed by atoms with Crippen molar-refractivity contribution in [2.24, 2.45) is 28.6 Å². The van der Waals surface area contributed by atoms with Crippen LogP contribution in [0.4, 0.5) is 0 Å². The molecule has 2 saturated carbocycles. The zero-order valence-corrected chi connectivity index (χ0v) is 28.7. The van der Waals surface area contributed by atoms with Gasteiger partial charge in [0.1, 0.15) is 5.75 Å². The quantitative estimate of drug-likeness (QED) is 0.233. The number of nitrogens with one attached hydrogen (secondary N) is 1. The van der Waals surface area contributed by atoms with Gasteiger partial charge in [0.15, 0.2) is 0 Å². The van der Waals surface area contributed by atoms with Crippen molar-refractivity contribution < 1.29 is 9.53 Å². The SMILES string of the molecule is COc1ccc(CN[C@@H]2CC3C(C)(C)CCC[C@]3(C)[C@@H](CCC(C)(C)[Si](O)(c3ccccc3)c3ccccc3)[C@@H]2C)cc1. The molecule has 2 aliphatic rings. The minimum Gasteiger partial charge on any atom is -0.497 e. The summed E-state index contributed by atoms with van der Waals surface area (Å²) < 4.78 is 5.39. The Morgan fingerprint density at radius 2 is 1.47 bits per heavy atom. The predicted octanol–water partition coefficient (Wildman–Crippen LogP) is 7.95. The molecule has 3 nitrogen and oxygen atoms in total. The molecule has 3 aromatic rings. The van der Waals surface area contributed by atoms with Crippen LogP contribution in [0.25, 0.3) is 0 Å². The lowest BCUT2D eigenvalue weighted by Gasteiger charge is -2.61. The summed E-state index contributed by atoms with van der Waals surface area (Å²) in [6.45, 7) is 15.8. The molecule has 0 heterocycles. The van der Waals surface area contributed by atoms with Crippen LogP contribution in [0.2, 0.25) is 5.04 Å². The molecule has 0 spiro atoms. The molecule has 3 aromatic carbocycles. The maximum absolute atomic E-state index is 12.9. The van der Waals surface area contributed by atoms with Crippen molar-refractivity contribution in [3.63, 3.8) is 0 Å². The number of benzene rings is 3. The summed E-state index contributed by atoms with van der Waals surface area (Å²) in [6, 6.07) is 30.1. The van der Waals surface area contributed by atoms with Crippen LogP contribution in [-0.4, -0.2) is 26.3 Å². The van der Waals surface area contributed by atoms with Gasteiger partial charge in [0, 0.05) is 12.6 Å². The highest BCUT2D eigenvalue weighted by Crippen LogP contribution is 2.62. The van der Waals surface area contributed by atoms with Crippen LogP contribution in [0.5, 0.6) is 5.75 Å². The standard InChI is InChI=1S/C39H55NO2Si/c1-29-34(23-26-38(4,5)43(41,32-15-10-8-11-16-32)33-17-12-9-13-18-33)39(6)25-14-24-37(2,3)36(39)27-35(29)40-28-30-19-21-31(42-7)22-20-30/h8-13,15-22,29,34-36,40-41H,14,23-28H2,1-7H3/t29-,34-,35+,36?,39+/m0/s1. The number of hydrogen-bond acceptors (Lipinski definition) is 3. The molecule has 5 atom stereocenters. The molecule has 2 N–H and O–H groups in total. The van der Waals surface area contributed by atoms with Gasteiger partial charge >= 0.3 is 0 Å². The van der Waals surface area contributed by atoms with Crippen LogP contribution in [0.3, 0.4) is 0 Å². The molecule has 0 saturated heterocycles. The molecule has 5 rings (SSSR count). The monoisotopic (exact) mass is 597 g/mol. The molecule has 43 heavy (non-hydrogen) atoms. The van der Waals surface area contributed by atoms with Crippen molar-refractivity contribution in [2.75, 3.05) is 7.11 Å². The second kappa shape index (κ2) is 12.5. The maximum Gasteiger partial charge on any atom is 0.258 e. The fourth-order valence-electron chi connectivity index (χ4n) is 9.41. The van der Waals surface area contributed by atoms with E-state index in [0.29, 0.717) is 34.6 Å². The number of rotatable bonds is 10. The summed E-state index contributed by atoms with van der Waals surface area (Å²) in [5, 5.41) is 6.04. The topological polar surface area (TPSA) is 41.5 Å². The van der Waals surface area contributed by atoms with Crippen molar-refractivity contribution in [3.8, 4) is 5.75 Å². The molecule has 1 unspecified atom stereocenters. The Morgan fingerprint density at radius 3 is 2.02 bits per heavy atom. The first-order valence-electron chi connectivity index (χ1n) is 16.6. The van der Waals surface area contributed by atoms with Crippen molar-refractivity contribution in [3.05, 3.63) is 90.5 Å². The van der Waals surface area contributed by atoms with E-state index in [4.69, 9.17) is 4.74 Å². The van der Waals surface area contributed by atoms with Crippen LogP contribution in [0.15, 0.2) is 84.9 Å². The van der Waals surface area contributed by atoms with Crippen molar-refractivity contribution in [2.45, 2.75) is 97.7 Å². The van der Waals surface area contributed by atoms with E-state index < -0.39 is 8.32 Å². The fraction of sp³-hybridized carbons (Fsp3) is 0.538. The van der Waals surface area contributed by atoms with Gasteiger partial charge in [-0.15, -0.1) is 0 Å². The molecular weight excluding hydrogens is 543 g/mol. The Bertz CT molecular complexity index is 1280. The van der Waals surface area contributed by atoms with Gasteiger partial charge in [-0.3, -0.25) is 0 Å². The van der Waals surface area contributed by atoms with Crippen LogP contribution in [0, 0.1) is 28.6 Å². The lowest BCUT2D eigenvalue weighted by molar-refractivity contribution is -0.109. The highest BCUT2D eigenvalue weighted by Gasteiger charge is 2.57. The highest BCUT2D eigenvalue weighted by atomic mass is 28.4. The lowest BCUT2D eigenvalue weighted by Crippen LogP contribution is -2.65. The van der Waals surface area contributed by atoms with E-state index in [9.17, 15) is 4.80 Å². The third-order valence-electron chi connectivity index (χ3n) is 12.1. The van der Waals surface area contributed by atoms with Gasteiger partial charge in [-0.25, -0.2) is 0 Å². The van der Waals surface area contributed by atoms with Crippen LogP contribution in [-0.2, 0) is 6.54 Å². The van der Waals surface area contributed by atoms with Crippen molar-refractivity contribution >= 4 is 18.7 Å². The van der Waals surface area contributed by atoms with Gasteiger partial charge in [0.2, 0.25) is 0 Å². The Morgan fingerprint density at radius 1 is 0.884 bits per heavy atom. The van der Waals surface area contributed by atoms with E-state index in [1.54, 1.807) is 7.11 Å². The second-order valence-electron chi connectivity index (χ2n) is 15.3. The number of methoxy groups -OCH3 is 1. The van der Waals surface area contributed by atoms with Gasteiger partial charge in [-0.05, 0) is 93.8 Å². The average Bonchev–Trinajstić information content (AvgIpc) is 3.00. The first kappa shape index (κ1) is 32.0. The van der Waals surface area contributed by atoms with Crippen LogP contribution >= 0.6 is 0 Å². The molecule has 0 radical (unpaired) electrons. The van der Waals surface area contributed by atoms with Crippen molar-refractivity contribution in [1.29, 1.82) is 0 Å². The lowest BCUT2D eigenvalue weighted by atomic mass is 9.45. The summed E-state index contributed by atoms with van der Waals surface area (Å²) >= 11 is 0. The molecule has 0 amide bonds. The molecule has 232 valence electrons. The van der Waals surface area contributed by atoms with Crippen LogP contribution < -0.4 is 20.4 Å². The first-order valence-corrected chi connectivity index (χ1v) is 18.6. The summed E-state index contributed by atoms with van der Waals surface area (Å²) in [5.74, 6) is 2.76. The number of hydrogen-bond donors (Lipinski definition) is 2. The summed E-state index contributed by atoms with van der Waals surface area (Å²) in [6.07, 6.45) is 7.37. The fourth-order valence-corrected chi connectivity index (χ4v) is 13.2. The highest BCUT2D eigenvalue weighted by molar-refractivity contribution is 6.98. The van der Waals surface area contributed by atoms with E-state index in [2.05, 4.69) is 132 Å². The summed E-state index contributed by atoms with van der Waals surface area (Å²) in [4.78, 5) is 12.9. The third kappa shape index (κ3) is 6.12. The Labute approximate surface area is 262 Å². The largest absolute Gasteiger partial charge is 0.497 e. The minimum absolute atomic E-state index is 0.227. The van der Waals surface area contributed by atoms with Gasteiger partial charge in [0.25, 0.3) is 8.32 Å². The predicted molar refractivity (Wildman–Crippen MR) is 184 cm³/mol. The Balaban J connectivity index is 1.43. The summed E-state index contributed by atoms with van der Waals surface area (Å²) in [7, 11) is -1.32. The molecule has 0 aliphatic heterocycles. The third-order valence-corrected chi connectivity index (χ3v) is 16.6. The zero-order chi connectivity index (χ0) is 30.9. The first-order chi connectivity index (χ1) is 20.4. The van der Waals surface area contributed by atoms with Crippen molar-refractivity contribution in [1.82, 2.24) is 5.32 Å². The minimum atomic E-state index is -3.04. The molecule has 2 fully saturated rings. The average molecular weight is 598 g/mol. The van der Waals surface area contributed by atoms with Gasteiger partial charge in [-0.1, -0.05) is 121 Å². The van der Waals surface area contributed by atoms with Crippen LogP contribution in [0.1, 0.15) is 85.6 Å². The van der Waals surface area contributed by atoms with Gasteiger partial charge in [-0.2, -0.15) is 0 Å². The Hall–Kier alpha value is -2.40. The molecule has 0 bridgehead atoms.